The summed E-state index contributed by atoms with van der Waals surface area (Å²) in [5, 5.41) is 4.10. The monoisotopic (exact) mass is 339 g/mol. The minimum atomic E-state index is -0.00993. The van der Waals surface area contributed by atoms with Gasteiger partial charge < -0.3 is 10.2 Å². The Hall–Kier alpha value is -1.94. The van der Waals surface area contributed by atoms with Crippen LogP contribution in [0.15, 0.2) is 24.3 Å². The summed E-state index contributed by atoms with van der Waals surface area (Å²) in [6, 6.07) is 8.12. The van der Waals surface area contributed by atoms with Gasteiger partial charge in [0.25, 0.3) is 5.91 Å². The molecule has 4 nitrogen and oxygen atoms in total. The predicted octanol–water partition coefficient (Wildman–Crippen LogP) is 3.85. The molecule has 4 heteroatoms. The van der Waals surface area contributed by atoms with Crippen molar-refractivity contribution >= 4 is 16.8 Å². The van der Waals surface area contributed by atoms with Gasteiger partial charge in [-0.2, -0.15) is 0 Å². The summed E-state index contributed by atoms with van der Waals surface area (Å²) in [5.41, 5.74) is 3.61. The molecule has 3 rings (SSSR count). The molecular weight excluding hydrogens is 310 g/mol. The molecule has 0 saturated carbocycles. The molecule has 2 aromatic rings. The van der Waals surface area contributed by atoms with Crippen molar-refractivity contribution in [1.82, 2.24) is 15.2 Å². The molecule has 0 unspecified atom stereocenters. The molecule has 0 atom stereocenters. The van der Waals surface area contributed by atoms with E-state index in [0.717, 1.165) is 36.1 Å². The summed E-state index contributed by atoms with van der Waals surface area (Å²) in [6.07, 6.45) is 6.36. The van der Waals surface area contributed by atoms with E-state index in [9.17, 15) is 4.79 Å². The average Bonchev–Trinajstić information content (AvgIpc) is 2.87. The van der Waals surface area contributed by atoms with Gasteiger partial charge in [-0.05, 0) is 70.9 Å². The standard InChI is InChI=1S/C21H29N3O/c1-16-8-9-20-18(14-16)15-19(17(2)23-20)21(25)22-10-7-13-24-11-5-3-4-6-12-24/h8-9,14-15H,3-7,10-13H2,1-2H3,(H,22,25). The molecule has 1 saturated heterocycles. The Morgan fingerprint density at radius 1 is 1.12 bits per heavy atom. The van der Waals surface area contributed by atoms with Crippen LogP contribution in [0.3, 0.4) is 0 Å². The molecule has 25 heavy (non-hydrogen) atoms. The molecule has 134 valence electrons. The van der Waals surface area contributed by atoms with E-state index >= 15 is 0 Å². The SMILES string of the molecule is Cc1ccc2nc(C)c(C(=O)NCCCN3CCCCCC3)cc2c1. The van der Waals surface area contributed by atoms with Crippen LogP contribution in [0.25, 0.3) is 10.9 Å². The highest BCUT2D eigenvalue weighted by atomic mass is 16.1. The number of pyridine rings is 1. The zero-order valence-corrected chi connectivity index (χ0v) is 15.5. The molecule has 0 spiro atoms. The maximum atomic E-state index is 12.5. The molecule has 1 aliphatic heterocycles. The van der Waals surface area contributed by atoms with Crippen molar-refractivity contribution in [3.05, 3.63) is 41.1 Å². The summed E-state index contributed by atoms with van der Waals surface area (Å²) in [7, 11) is 0. The number of amides is 1. The highest BCUT2D eigenvalue weighted by molar-refractivity contribution is 5.98. The lowest BCUT2D eigenvalue weighted by Crippen LogP contribution is -2.31. The topological polar surface area (TPSA) is 45.2 Å². The van der Waals surface area contributed by atoms with Crippen molar-refractivity contribution in [3.63, 3.8) is 0 Å². The number of fused-ring (bicyclic) bond motifs is 1. The first kappa shape index (κ1) is 17.9. The van der Waals surface area contributed by atoms with Crippen molar-refractivity contribution in [1.29, 1.82) is 0 Å². The normalized spacial score (nSPS) is 15.9. The number of rotatable bonds is 5. The predicted molar refractivity (Wildman–Crippen MR) is 103 cm³/mol. The summed E-state index contributed by atoms with van der Waals surface area (Å²) >= 11 is 0. The zero-order chi connectivity index (χ0) is 17.6. The van der Waals surface area contributed by atoms with Crippen molar-refractivity contribution in [3.8, 4) is 0 Å². The van der Waals surface area contributed by atoms with Crippen molar-refractivity contribution in [2.45, 2.75) is 46.0 Å². The van der Waals surface area contributed by atoms with E-state index in [1.54, 1.807) is 0 Å². The van der Waals surface area contributed by atoms with Gasteiger partial charge in [0.05, 0.1) is 16.8 Å². The average molecular weight is 339 g/mol. The summed E-state index contributed by atoms with van der Waals surface area (Å²) in [6.45, 7) is 8.18. The third-order valence-corrected chi connectivity index (χ3v) is 5.04. The third-order valence-electron chi connectivity index (χ3n) is 5.04. The van der Waals surface area contributed by atoms with E-state index < -0.39 is 0 Å². The maximum Gasteiger partial charge on any atom is 0.253 e. The lowest BCUT2D eigenvalue weighted by Gasteiger charge is -2.19. The maximum absolute atomic E-state index is 12.5. The first-order valence-corrected chi connectivity index (χ1v) is 9.52. The molecule has 1 N–H and O–H groups in total. The molecular formula is C21H29N3O. The van der Waals surface area contributed by atoms with E-state index in [1.807, 2.05) is 19.1 Å². The van der Waals surface area contributed by atoms with Crippen LogP contribution in [0.5, 0.6) is 0 Å². The Morgan fingerprint density at radius 3 is 2.64 bits per heavy atom. The number of benzene rings is 1. The molecule has 1 aromatic carbocycles. The Kier molecular flexibility index (Phi) is 6.03. The lowest BCUT2D eigenvalue weighted by molar-refractivity contribution is 0.0951. The molecule has 2 heterocycles. The number of nitrogens with zero attached hydrogens (tertiary/aromatic N) is 2. The minimum Gasteiger partial charge on any atom is -0.352 e. The van der Waals surface area contributed by atoms with Crippen LogP contribution in [-0.2, 0) is 0 Å². The van der Waals surface area contributed by atoms with Gasteiger partial charge in [-0.25, -0.2) is 0 Å². The minimum absolute atomic E-state index is 0.00993. The molecule has 0 aliphatic carbocycles. The van der Waals surface area contributed by atoms with Gasteiger partial charge in [0.2, 0.25) is 0 Å². The zero-order valence-electron chi connectivity index (χ0n) is 15.5. The van der Waals surface area contributed by atoms with Crippen LogP contribution in [0.4, 0.5) is 0 Å². The molecule has 1 amide bonds. The fourth-order valence-electron chi connectivity index (χ4n) is 3.58. The van der Waals surface area contributed by atoms with Crippen LogP contribution in [0, 0.1) is 13.8 Å². The Balaban J connectivity index is 1.55. The van der Waals surface area contributed by atoms with Gasteiger partial charge in [0.1, 0.15) is 0 Å². The number of carbonyl (C=O) groups is 1. The third kappa shape index (κ3) is 4.79. The second-order valence-corrected chi connectivity index (χ2v) is 7.18. The molecule has 1 aromatic heterocycles. The van der Waals surface area contributed by atoms with E-state index in [-0.39, 0.29) is 5.91 Å². The van der Waals surface area contributed by atoms with Crippen molar-refractivity contribution < 1.29 is 4.79 Å². The van der Waals surface area contributed by atoms with Crippen molar-refractivity contribution in [2.75, 3.05) is 26.2 Å². The lowest BCUT2D eigenvalue weighted by atomic mass is 10.1. The Morgan fingerprint density at radius 2 is 1.88 bits per heavy atom. The van der Waals surface area contributed by atoms with Crippen LogP contribution >= 0.6 is 0 Å². The molecule has 1 aliphatic rings. The van der Waals surface area contributed by atoms with Gasteiger partial charge in [0, 0.05) is 11.9 Å². The van der Waals surface area contributed by atoms with Crippen LogP contribution < -0.4 is 5.32 Å². The Labute approximate surface area is 150 Å². The highest BCUT2D eigenvalue weighted by Gasteiger charge is 2.12. The van der Waals surface area contributed by atoms with Gasteiger partial charge in [0.15, 0.2) is 0 Å². The van der Waals surface area contributed by atoms with E-state index in [2.05, 4.69) is 34.3 Å². The van der Waals surface area contributed by atoms with Crippen LogP contribution in [0.1, 0.15) is 53.7 Å². The summed E-state index contributed by atoms with van der Waals surface area (Å²) in [5.74, 6) is -0.00993. The summed E-state index contributed by atoms with van der Waals surface area (Å²) < 4.78 is 0. The molecule has 0 bridgehead atoms. The van der Waals surface area contributed by atoms with Crippen molar-refractivity contribution in [2.24, 2.45) is 0 Å². The van der Waals surface area contributed by atoms with E-state index in [0.29, 0.717) is 5.56 Å². The number of likely N-dealkylation sites (tertiary alicyclic amines) is 1. The molecule has 0 radical (unpaired) electrons. The van der Waals surface area contributed by atoms with Gasteiger partial charge in [-0.1, -0.05) is 24.5 Å². The van der Waals surface area contributed by atoms with E-state index in [4.69, 9.17) is 0 Å². The quantitative estimate of drug-likeness (QED) is 0.842. The first-order chi connectivity index (χ1) is 12.1. The first-order valence-electron chi connectivity index (χ1n) is 9.52. The van der Waals surface area contributed by atoms with Gasteiger partial charge >= 0.3 is 0 Å². The van der Waals surface area contributed by atoms with Crippen LogP contribution in [0.2, 0.25) is 0 Å². The number of hydrogen-bond donors (Lipinski definition) is 1. The fourth-order valence-corrected chi connectivity index (χ4v) is 3.58. The Bertz CT molecular complexity index is 733. The number of carbonyl (C=O) groups excluding carboxylic acids is 1. The van der Waals surface area contributed by atoms with Gasteiger partial charge in [-0.3, -0.25) is 9.78 Å². The number of aromatic nitrogens is 1. The second kappa shape index (κ2) is 8.43. The largest absolute Gasteiger partial charge is 0.352 e. The number of aryl methyl sites for hydroxylation is 2. The smallest absolute Gasteiger partial charge is 0.253 e. The highest BCUT2D eigenvalue weighted by Crippen LogP contribution is 2.18. The number of nitrogens with one attached hydrogen (secondary N) is 1. The summed E-state index contributed by atoms with van der Waals surface area (Å²) in [4.78, 5) is 19.6. The second-order valence-electron chi connectivity index (χ2n) is 7.18. The van der Waals surface area contributed by atoms with Gasteiger partial charge in [-0.15, -0.1) is 0 Å². The molecule has 1 fully saturated rings. The van der Waals surface area contributed by atoms with E-state index in [1.165, 1.54) is 44.3 Å². The number of hydrogen-bond acceptors (Lipinski definition) is 3. The van der Waals surface area contributed by atoms with Crippen LogP contribution in [-0.4, -0.2) is 42.0 Å². The fraction of sp³-hybridized carbons (Fsp3) is 0.524.